The molecule has 0 bridgehead atoms. The fourth-order valence-electron chi connectivity index (χ4n) is 2.11. The second-order valence-electron chi connectivity index (χ2n) is 4.88. The summed E-state index contributed by atoms with van der Waals surface area (Å²) in [5.74, 6) is -1.12. The van der Waals surface area contributed by atoms with Gasteiger partial charge in [0.15, 0.2) is 6.61 Å². The predicted octanol–water partition coefficient (Wildman–Crippen LogP) is 1.06. The van der Waals surface area contributed by atoms with E-state index in [9.17, 15) is 19.3 Å². The lowest BCUT2D eigenvalue weighted by atomic mass is 10.1. The zero-order chi connectivity index (χ0) is 15.4. The average molecular weight is 297 g/mol. The molecule has 1 aromatic rings. The smallest absolute Gasteiger partial charge is 0.305 e. The number of nitrogens with two attached hydrogens (primary N) is 1. The van der Waals surface area contributed by atoms with E-state index in [2.05, 4.69) is 0 Å². The number of likely N-dealkylation sites (tertiary alicyclic amines) is 1. The van der Waals surface area contributed by atoms with Gasteiger partial charge in [-0.3, -0.25) is 14.9 Å². The van der Waals surface area contributed by atoms with Crippen LogP contribution in [0.1, 0.15) is 12.8 Å². The van der Waals surface area contributed by atoms with Gasteiger partial charge >= 0.3 is 5.69 Å². The maximum Gasteiger partial charge on any atom is 0.305 e. The molecule has 7 nitrogen and oxygen atoms in total. The summed E-state index contributed by atoms with van der Waals surface area (Å²) in [7, 11) is 0. The number of rotatable bonds is 4. The molecule has 8 heteroatoms. The van der Waals surface area contributed by atoms with Crippen molar-refractivity contribution in [3.63, 3.8) is 0 Å². The van der Waals surface area contributed by atoms with Crippen molar-refractivity contribution < 1.29 is 18.8 Å². The summed E-state index contributed by atoms with van der Waals surface area (Å²) in [5.41, 5.74) is 5.13. The van der Waals surface area contributed by atoms with E-state index in [1.807, 2.05) is 0 Å². The maximum atomic E-state index is 13.4. The molecule has 2 rings (SSSR count). The third-order valence-electron chi connectivity index (χ3n) is 3.37. The van der Waals surface area contributed by atoms with E-state index in [4.69, 9.17) is 10.5 Å². The Morgan fingerprint density at radius 2 is 2.14 bits per heavy atom. The number of amides is 1. The van der Waals surface area contributed by atoms with Gasteiger partial charge < -0.3 is 15.4 Å². The molecule has 0 aliphatic carbocycles. The van der Waals surface area contributed by atoms with Gasteiger partial charge in [-0.25, -0.2) is 0 Å². The zero-order valence-electron chi connectivity index (χ0n) is 11.3. The summed E-state index contributed by atoms with van der Waals surface area (Å²) >= 11 is 0. The Morgan fingerprint density at radius 1 is 1.48 bits per heavy atom. The zero-order valence-corrected chi connectivity index (χ0v) is 11.3. The highest BCUT2D eigenvalue weighted by Crippen LogP contribution is 2.22. The van der Waals surface area contributed by atoms with E-state index in [-0.39, 0.29) is 24.3 Å². The molecular weight excluding hydrogens is 281 g/mol. The second-order valence-corrected chi connectivity index (χ2v) is 4.88. The number of hydrogen-bond acceptors (Lipinski definition) is 5. The summed E-state index contributed by atoms with van der Waals surface area (Å²) in [6.45, 7) is 0.933. The van der Waals surface area contributed by atoms with Gasteiger partial charge in [0.25, 0.3) is 5.91 Å². The number of hydrogen-bond donors (Lipinski definition) is 1. The van der Waals surface area contributed by atoms with Gasteiger partial charge in [0.2, 0.25) is 5.82 Å². The van der Waals surface area contributed by atoms with Crippen LogP contribution in [0.2, 0.25) is 0 Å². The molecule has 1 aromatic carbocycles. The van der Waals surface area contributed by atoms with E-state index in [1.165, 1.54) is 6.07 Å². The minimum Gasteiger partial charge on any atom is -0.484 e. The van der Waals surface area contributed by atoms with Crippen molar-refractivity contribution in [2.75, 3.05) is 19.7 Å². The van der Waals surface area contributed by atoms with Crippen LogP contribution in [0.5, 0.6) is 5.75 Å². The Morgan fingerprint density at radius 3 is 2.71 bits per heavy atom. The summed E-state index contributed by atoms with van der Waals surface area (Å²) in [6, 6.07) is 3.30. The molecular formula is C13H16FN3O4. The van der Waals surface area contributed by atoms with Crippen molar-refractivity contribution >= 4 is 11.6 Å². The molecule has 1 aliphatic heterocycles. The van der Waals surface area contributed by atoms with Crippen LogP contribution in [0.3, 0.4) is 0 Å². The van der Waals surface area contributed by atoms with Gasteiger partial charge in [0.05, 0.1) is 4.92 Å². The number of benzene rings is 1. The van der Waals surface area contributed by atoms with Gasteiger partial charge in [-0.15, -0.1) is 0 Å². The van der Waals surface area contributed by atoms with Crippen molar-refractivity contribution in [1.82, 2.24) is 4.90 Å². The molecule has 0 atom stereocenters. The van der Waals surface area contributed by atoms with Gasteiger partial charge in [0.1, 0.15) is 5.75 Å². The number of nitro groups is 1. The lowest BCUT2D eigenvalue weighted by Gasteiger charge is -2.30. The van der Waals surface area contributed by atoms with Crippen LogP contribution < -0.4 is 10.5 Å². The van der Waals surface area contributed by atoms with E-state index >= 15 is 0 Å². The molecule has 0 aromatic heterocycles. The monoisotopic (exact) mass is 297 g/mol. The number of nitrogens with zero attached hydrogens (tertiary/aromatic N) is 2. The highest BCUT2D eigenvalue weighted by atomic mass is 19.1. The van der Waals surface area contributed by atoms with E-state index in [0.29, 0.717) is 13.1 Å². The minimum absolute atomic E-state index is 0.0835. The number of carbonyl (C=O) groups excluding carboxylic acids is 1. The molecule has 1 fully saturated rings. The number of ether oxygens (including phenoxy) is 1. The third kappa shape index (κ3) is 3.88. The first-order chi connectivity index (χ1) is 9.97. The van der Waals surface area contributed by atoms with Crippen LogP contribution in [0.15, 0.2) is 18.2 Å². The summed E-state index contributed by atoms with van der Waals surface area (Å²) in [6.07, 6.45) is 1.50. The second kappa shape index (κ2) is 6.49. The molecule has 1 heterocycles. The molecule has 0 saturated carbocycles. The molecule has 0 radical (unpaired) electrons. The first-order valence-electron chi connectivity index (χ1n) is 6.57. The normalized spacial score (nSPS) is 15.8. The molecule has 1 saturated heterocycles. The minimum atomic E-state index is -0.992. The molecule has 1 aliphatic rings. The quantitative estimate of drug-likeness (QED) is 0.662. The summed E-state index contributed by atoms with van der Waals surface area (Å²) in [4.78, 5) is 23.2. The molecule has 114 valence electrons. The molecule has 0 spiro atoms. The Labute approximate surface area is 120 Å². The first-order valence-corrected chi connectivity index (χ1v) is 6.57. The Bertz CT molecular complexity index is 544. The third-order valence-corrected chi connectivity index (χ3v) is 3.37. The topological polar surface area (TPSA) is 98.7 Å². The molecule has 21 heavy (non-hydrogen) atoms. The maximum absolute atomic E-state index is 13.4. The summed E-state index contributed by atoms with van der Waals surface area (Å²) in [5, 5.41) is 10.5. The average Bonchev–Trinajstić information content (AvgIpc) is 2.45. The number of nitro benzene ring substituents is 1. The van der Waals surface area contributed by atoms with Crippen molar-refractivity contribution in [2.24, 2.45) is 5.73 Å². The van der Waals surface area contributed by atoms with Crippen LogP contribution in [0.25, 0.3) is 0 Å². The number of carbonyl (C=O) groups is 1. The first kappa shape index (κ1) is 15.2. The van der Waals surface area contributed by atoms with Gasteiger partial charge in [0, 0.05) is 31.3 Å². The Hall–Kier alpha value is -2.22. The number of piperidine rings is 1. The highest BCUT2D eigenvalue weighted by Gasteiger charge is 2.21. The SMILES string of the molecule is NC1CCN(C(=O)COc2ccc([N+](=O)[O-])c(F)c2)CC1. The highest BCUT2D eigenvalue weighted by molar-refractivity contribution is 5.77. The van der Waals surface area contributed by atoms with E-state index in [0.717, 1.165) is 25.0 Å². The van der Waals surface area contributed by atoms with Crippen molar-refractivity contribution in [1.29, 1.82) is 0 Å². The molecule has 1 amide bonds. The lowest BCUT2D eigenvalue weighted by Crippen LogP contribution is -2.44. The van der Waals surface area contributed by atoms with Gasteiger partial charge in [-0.2, -0.15) is 4.39 Å². The van der Waals surface area contributed by atoms with Crippen LogP contribution in [0, 0.1) is 15.9 Å². The fraction of sp³-hybridized carbons (Fsp3) is 0.462. The van der Waals surface area contributed by atoms with Gasteiger partial charge in [-0.05, 0) is 18.9 Å². The standard InChI is InChI=1S/C13H16FN3O4/c14-11-7-10(1-2-12(11)17(19)20)21-8-13(18)16-5-3-9(15)4-6-16/h1-2,7,9H,3-6,8,15H2. The fourth-order valence-corrected chi connectivity index (χ4v) is 2.11. The lowest BCUT2D eigenvalue weighted by molar-refractivity contribution is -0.387. The molecule has 2 N–H and O–H groups in total. The Balaban J connectivity index is 1.89. The van der Waals surface area contributed by atoms with E-state index < -0.39 is 16.4 Å². The van der Waals surface area contributed by atoms with Crippen molar-refractivity contribution in [3.8, 4) is 5.75 Å². The Kier molecular flexibility index (Phi) is 4.69. The largest absolute Gasteiger partial charge is 0.484 e. The van der Waals surface area contributed by atoms with Crippen LogP contribution in [-0.4, -0.2) is 41.5 Å². The summed E-state index contributed by atoms with van der Waals surface area (Å²) < 4.78 is 18.6. The van der Waals surface area contributed by atoms with Crippen LogP contribution in [-0.2, 0) is 4.79 Å². The predicted molar refractivity (Wildman–Crippen MR) is 72.3 cm³/mol. The molecule has 0 unspecified atom stereocenters. The van der Waals surface area contributed by atoms with Crippen molar-refractivity contribution in [2.45, 2.75) is 18.9 Å². The van der Waals surface area contributed by atoms with Crippen LogP contribution in [0.4, 0.5) is 10.1 Å². The van der Waals surface area contributed by atoms with Crippen molar-refractivity contribution in [3.05, 3.63) is 34.1 Å². The van der Waals surface area contributed by atoms with Gasteiger partial charge in [-0.1, -0.05) is 0 Å². The van der Waals surface area contributed by atoms with Crippen LogP contribution >= 0.6 is 0 Å². The van der Waals surface area contributed by atoms with E-state index in [1.54, 1.807) is 4.90 Å². The number of halogens is 1.